The molecular weight excluding hydrogens is 224 g/mol. The molecule has 2 heterocycles. The first-order valence-corrected chi connectivity index (χ1v) is 6.39. The molecule has 0 aromatic heterocycles. The lowest BCUT2D eigenvalue weighted by Crippen LogP contribution is -2.45. The van der Waals surface area contributed by atoms with E-state index in [1.165, 1.54) is 51.7 Å². The molecule has 0 spiro atoms. The van der Waals surface area contributed by atoms with E-state index in [0.717, 1.165) is 6.61 Å². The summed E-state index contributed by atoms with van der Waals surface area (Å²) in [7, 11) is 2.08. The standard InChI is InChI=1S/C12H24N2O.ClH/c1-13-11-4-2-7-14(10-11)8-6-12-5-3-9-15-12;/h11-13H,2-10H2,1H3;1H. The van der Waals surface area contributed by atoms with Crippen LogP contribution < -0.4 is 5.32 Å². The van der Waals surface area contributed by atoms with Gasteiger partial charge >= 0.3 is 0 Å². The first-order chi connectivity index (χ1) is 7.38. The Bertz CT molecular complexity index is 186. The Hall–Kier alpha value is 0.170. The van der Waals surface area contributed by atoms with Crippen molar-refractivity contribution >= 4 is 12.4 Å². The largest absolute Gasteiger partial charge is 0.378 e. The lowest BCUT2D eigenvalue weighted by molar-refractivity contribution is 0.0861. The Morgan fingerprint density at radius 3 is 2.88 bits per heavy atom. The fourth-order valence-corrected chi connectivity index (χ4v) is 2.69. The maximum atomic E-state index is 5.65. The Kier molecular flexibility index (Phi) is 6.66. The van der Waals surface area contributed by atoms with E-state index in [1.54, 1.807) is 0 Å². The smallest absolute Gasteiger partial charge is 0.0588 e. The molecule has 3 nitrogen and oxygen atoms in total. The zero-order chi connectivity index (χ0) is 10.5. The minimum Gasteiger partial charge on any atom is -0.378 e. The van der Waals surface area contributed by atoms with Crippen molar-refractivity contribution in [2.45, 2.75) is 44.2 Å². The molecule has 0 aromatic carbocycles. The number of rotatable bonds is 4. The van der Waals surface area contributed by atoms with E-state index in [-0.39, 0.29) is 12.4 Å². The minimum absolute atomic E-state index is 0. The van der Waals surface area contributed by atoms with Gasteiger partial charge in [-0.15, -0.1) is 12.4 Å². The normalized spacial score (nSPS) is 31.3. The summed E-state index contributed by atoms with van der Waals surface area (Å²) in [5.74, 6) is 0. The zero-order valence-electron chi connectivity index (χ0n) is 10.3. The van der Waals surface area contributed by atoms with Gasteiger partial charge in [0, 0.05) is 25.7 Å². The van der Waals surface area contributed by atoms with Crippen molar-refractivity contribution in [3.8, 4) is 0 Å². The van der Waals surface area contributed by atoms with E-state index in [1.807, 2.05) is 0 Å². The molecule has 2 fully saturated rings. The summed E-state index contributed by atoms with van der Waals surface area (Å²) in [6.07, 6.45) is 7.02. The molecule has 0 aliphatic carbocycles. The number of nitrogens with zero attached hydrogens (tertiary/aromatic N) is 1. The number of hydrogen-bond donors (Lipinski definition) is 1. The second-order valence-electron chi connectivity index (χ2n) is 4.85. The fourth-order valence-electron chi connectivity index (χ4n) is 2.69. The summed E-state index contributed by atoms with van der Waals surface area (Å²) in [5, 5.41) is 3.39. The van der Waals surface area contributed by atoms with Gasteiger partial charge in [-0.25, -0.2) is 0 Å². The van der Waals surface area contributed by atoms with Crippen molar-refractivity contribution in [3.63, 3.8) is 0 Å². The predicted octanol–water partition coefficient (Wildman–Crippen LogP) is 1.66. The van der Waals surface area contributed by atoms with Crippen molar-refractivity contribution in [2.75, 3.05) is 33.3 Å². The van der Waals surface area contributed by atoms with Crippen LogP contribution in [-0.4, -0.2) is 50.3 Å². The number of hydrogen-bond acceptors (Lipinski definition) is 3. The summed E-state index contributed by atoms with van der Waals surface area (Å²) in [4.78, 5) is 2.59. The predicted molar refractivity (Wildman–Crippen MR) is 69.4 cm³/mol. The Morgan fingerprint density at radius 2 is 2.19 bits per heavy atom. The molecule has 0 bridgehead atoms. The molecule has 96 valence electrons. The summed E-state index contributed by atoms with van der Waals surface area (Å²) in [6.45, 7) is 4.72. The summed E-state index contributed by atoms with van der Waals surface area (Å²) in [5.41, 5.74) is 0. The van der Waals surface area contributed by atoms with E-state index < -0.39 is 0 Å². The average Bonchev–Trinajstić information content (AvgIpc) is 2.79. The lowest BCUT2D eigenvalue weighted by atomic mass is 10.1. The molecular formula is C12H25ClN2O. The van der Waals surface area contributed by atoms with Crippen molar-refractivity contribution in [3.05, 3.63) is 0 Å². The summed E-state index contributed by atoms with van der Waals surface area (Å²) >= 11 is 0. The number of nitrogens with one attached hydrogen (secondary N) is 1. The number of ether oxygens (including phenoxy) is 1. The van der Waals surface area contributed by atoms with E-state index in [2.05, 4.69) is 17.3 Å². The highest BCUT2D eigenvalue weighted by Gasteiger charge is 2.20. The highest BCUT2D eigenvalue weighted by atomic mass is 35.5. The van der Waals surface area contributed by atoms with Gasteiger partial charge in [0.15, 0.2) is 0 Å². The topological polar surface area (TPSA) is 24.5 Å². The van der Waals surface area contributed by atoms with Crippen LogP contribution in [0.2, 0.25) is 0 Å². The van der Waals surface area contributed by atoms with Crippen LogP contribution in [0.5, 0.6) is 0 Å². The monoisotopic (exact) mass is 248 g/mol. The van der Waals surface area contributed by atoms with Crippen molar-refractivity contribution < 1.29 is 4.74 Å². The summed E-state index contributed by atoms with van der Waals surface area (Å²) < 4.78 is 5.65. The molecule has 2 aliphatic rings. The Labute approximate surface area is 105 Å². The van der Waals surface area contributed by atoms with Crippen LogP contribution in [0.3, 0.4) is 0 Å². The molecule has 1 N–H and O–H groups in total. The molecule has 2 aliphatic heterocycles. The molecule has 4 heteroatoms. The van der Waals surface area contributed by atoms with Gasteiger partial charge in [0.05, 0.1) is 6.10 Å². The van der Waals surface area contributed by atoms with Gasteiger partial charge in [-0.2, -0.15) is 0 Å². The third-order valence-corrected chi connectivity index (χ3v) is 3.71. The highest BCUT2D eigenvalue weighted by Crippen LogP contribution is 2.17. The van der Waals surface area contributed by atoms with Gasteiger partial charge in [-0.1, -0.05) is 0 Å². The molecule has 2 saturated heterocycles. The van der Waals surface area contributed by atoms with Gasteiger partial charge in [0.1, 0.15) is 0 Å². The highest BCUT2D eigenvalue weighted by molar-refractivity contribution is 5.85. The third kappa shape index (κ3) is 4.21. The van der Waals surface area contributed by atoms with Crippen LogP contribution in [0, 0.1) is 0 Å². The minimum atomic E-state index is 0. The maximum absolute atomic E-state index is 5.65. The van der Waals surface area contributed by atoms with Crippen LogP contribution in [-0.2, 0) is 4.74 Å². The van der Waals surface area contributed by atoms with Crippen LogP contribution in [0.15, 0.2) is 0 Å². The average molecular weight is 249 g/mol. The van der Waals surface area contributed by atoms with Crippen LogP contribution >= 0.6 is 12.4 Å². The fraction of sp³-hybridized carbons (Fsp3) is 1.00. The molecule has 16 heavy (non-hydrogen) atoms. The first kappa shape index (κ1) is 14.2. The van der Waals surface area contributed by atoms with Gasteiger partial charge < -0.3 is 15.0 Å². The van der Waals surface area contributed by atoms with Crippen molar-refractivity contribution in [2.24, 2.45) is 0 Å². The van der Waals surface area contributed by atoms with Gasteiger partial charge in [0.2, 0.25) is 0 Å². The second kappa shape index (κ2) is 7.49. The maximum Gasteiger partial charge on any atom is 0.0588 e. The molecule has 0 saturated carbocycles. The second-order valence-corrected chi connectivity index (χ2v) is 4.85. The quantitative estimate of drug-likeness (QED) is 0.819. The zero-order valence-corrected chi connectivity index (χ0v) is 11.1. The van der Waals surface area contributed by atoms with E-state index in [9.17, 15) is 0 Å². The molecule has 0 amide bonds. The molecule has 2 rings (SSSR count). The van der Waals surface area contributed by atoms with E-state index >= 15 is 0 Å². The SMILES string of the molecule is CNC1CCCN(CCC2CCCO2)C1.Cl. The van der Waals surface area contributed by atoms with Crippen LogP contribution in [0.4, 0.5) is 0 Å². The Balaban J connectivity index is 0.00000128. The first-order valence-electron chi connectivity index (χ1n) is 6.39. The number of halogens is 1. The van der Waals surface area contributed by atoms with Crippen molar-refractivity contribution in [1.29, 1.82) is 0 Å². The van der Waals surface area contributed by atoms with Gasteiger partial charge in [0.25, 0.3) is 0 Å². The Morgan fingerprint density at radius 1 is 1.31 bits per heavy atom. The molecule has 2 atom stereocenters. The van der Waals surface area contributed by atoms with Gasteiger partial charge in [-0.3, -0.25) is 0 Å². The molecule has 0 radical (unpaired) electrons. The number of likely N-dealkylation sites (tertiary alicyclic amines) is 1. The molecule has 2 unspecified atom stereocenters. The third-order valence-electron chi connectivity index (χ3n) is 3.71. The van der Waals surface area contributed by atoms with Gasteiger partial charge in [-0.05, 0) is 45.7 Å². The van der Waals surface area contributed by atoms with E-state index in [4.69, 9.17) is 4.74 Å². The number of piperidine rings is 1. The lowest BCUT2D eigenvalue weighted by Gasteiger charge is -2.32. The molecule has 0 aromatic rings. The van der Waals surface area contributed by atoms with E-state index in [0.29, 0.717) is 12.1 Å². The van der Waals surface area contributed by atoms with Crippen LogP contribution in [0.25, 0.3) is 0 Å². The summed E-state index contributed by atoms with van der Waals surface area (Å²) in [6, 6.07) is 0.711. The van der Waals surface area contributed by atoms with Crippen LogP contribution in [0.1, 0.15) is 32.1 Å². The van der Waals surface area contributed by atoms with Crippen molar-refractivity contribution in [1.82, 2.24) is 10.2 Å². The number of likely N-dealkylation sites (N-methyl/N-ethyl adjacent to an activating group) is 1.